The monoisotopic (exact) mass is 228 g/mol. The van der Waals surface area contributed by atoms with E-state index in [1.54, 1.807) is 14.2 Å². The van der Waals surface area contributed by atoms with E-state index in [1.165, 1.54) is 32.5 Å². The largest absolute Gasteiger partial charge is 0.354 e. The van der Waals surface area contributed by atoms with E-state index in [-0.39, 0.29) is 12.3 Å². The highest BCUT2D eigenvalue weighted by molar-refractivity contribution is 4.92. The van der Waals surface area contributed by atoms with Gasteiger partial charge in [0, 0.05) is 26.8 Å². The summed E-state index contributed by atoms with van der Waals surface area (Å²) in [7, 11) is 3.39. The molecule has 0 amide bonds. The summed E-state index contributed by atoms with van der Waals surface area (Å²) in [4.78, 5) is 2.55. The molecular weight excluding hydrogens is 204 g/mol. The van der Waals surface area contributed by atoms with Gasteiger partial charge in [-0.05, 0) is 38.8 Å². The summed E-state index contributed by atoms with van der Waals surface area (Å²) >= 11 is 0. The molecule has 3 heterocycles. The van der Waals surface area contributed by atoms with Crippen molar-refractivity contribution >= 4 is 0 Å². The molecule has 0 aromatic rings. The summed E-state index contributed by atoms with van der Waals surface area (Å²) in [5, 5.41) is 3.66. The third-order valence-electron chi connectivity index (χ3n) is 4.01. The Morgan fingerprint density at radius 3 is 2.25 bits per heavy atom. The lowest BCUT2D eigenvalue weighted by molar-refractivity contribution is -0.124. The fourth-order valence-electron chi connectivity index (χ4n) is 3.07. The Bertz CT molecular complexity index is 213. The molecule has 16 heavy (non-hydrogen) atoms. The van der Waals surface area contributed by atoms with E-state index in [0.717, 1.165) is 5.92 Å². The molecule has 3 saturated heterocycles. The van der Waals surface area contributed by atoms with Crippen molar-refractivity contribution in [3.63, 3.8) is 0 Å². The van der Waals surface area contributed by atoms with Crippen molar-refractivity contribution in [1.82, 2.24) is 10.2 Å². The number of nitrogens with one attached hydrogen (secondary N) is 1. The van der Waals surface area contributed by atoms with E-state index < -0.39 is 0 Å². The Morgan fingerprint density at radius 2 is 1.81 bits per heavy atom. The SMILES string of the molecule is COC(OC)C(C)NC1CN2CCC1CC2. The molecule has 3 aliphatic rings. The zero-order chi connectivity index (χ0) is 11.5. The van der Waals surface area contributed by atoms with Gasteiger partial charge in [0.15, 0.2) is 6.29 Å². The molecule has 0 aliphatic carbocycles. The maximum Gasteiger partial charge on any atom is 0.171 e. The fourth-order valence-corrected chi connectivity index (χ4v) is 3.07. The van der Waals surface area contributed by atoms with Crippen LogP contribution in [0.1, 0.15) is 19.8 Å². The number of rotatable bonds is 5. The van der Waals surface area contributed by atoms with Gasteiger partial charge in [0.2, 0.25) is 0 Å². The highest BCUT2D eigenvalue weighted by atomic mass is 16.7. The first-order valence-corrected chi connectivity index (χ1v) is 6.28. The van der Waals surface area contributed by atoms with Gasteiger partial charge in [-0.25, -0.2) is 0 Å². The summed E-state index contributed by atoms with van der Waals surface area (Å²) in [5.41, 5.74) is 0. The second-order valence-corrected chi connectivity index (χ2v) is 5.04. The Balaban J connectivity index is 1.85. The third-order valence-corrected chi connectivity index (χ3v) is 4.01. The van der Waals surface area contributed by atoms with E-state index in [4.69, 9.17) is 9.47 Å². The molecule has 2 unspecified atom stereocenters. The highest BCUT2D eigenvalue weighted by Crippen LogP contribution is 2.27. The van der Waals surface area contributed by atoms with E-state index in [2.05, 4.69) is 17.1 Å². The molecule has 3 aliphatic heterocycles. The summed E-state index contributed by atoms with van der Waals surface area (Å²) in [5.74, 6) is 0.849. The fraction of sp³-hybridized carbons (Fsp3) is 1.00. The number of nitrogens with zero attached hydrogens (tertiary/aromatic N) is 1. The van der Waals surface area contributed by atoms with Crippen LogP contribution in [0.4, 0.5) is 0 Å². The molecule has 0 spiro atoms. The smallest absolute Gasteiger partial charge is 0.171 e. The van der Waals surface area contributed by atoms with Gasteiger partial charge >= 0.3 is 0 Å². The van der Waals surface area contributed by atoms with Gasteiger partial charge in [-0.15, -0.1) is 0 Å². The molecule has 0 aromatic heterocycles. The molecule has 3 rings (SSSR count). The van der Waals surface area contributed by atoms with Crippen molar-refractivity contribution in [1.29, 1.82) is 0 Å². The minimum absolute atomic E-state index is 0.143. The minimum Gasteiger partial charge on any atom is -0.354 e. The van der Waals surface area contributed by atoms with Crippen LogP contribution >= 0.6 is 0 Å². The van der Waals surface area contributed by atoms with Crippen LogP contribution < -0.4 is 5.32 Å². The molecule has 4 nitrogen and oxygen atoms in total. The van der Waals surface area contributed by atoms with E-state index in [1.807, 2.05) is 0 Å². The summed E-state index contributed by atoms with van der Waals surface area (Å²) in [6.07, 6.45) is 2.54. The number of ether oxygens (including phenoxy) is 2. The lowest BCUT2D eigenvalue weighted by Crippen LogP contribution is -2.59. The number of methoxy groups -OCH3 is 2. The molecule has 0 saturated carbocycles. The zero-order valence-corrected chi connectivity index (χ0v) is 10.6. The second kappa shape index (κ2) is 5.45. The molecule has 3 fully saturated rings. The number of fused-ring (bicyclic) bond motifs is 3. The lowest BCUT2D eigenvalue weighted by atomic mass is 9.84. The molecule has 2 atom stereocenters. The van der Waals surface area contributed by atoms with Crippen LogP contribution in [0.25, 0.3) is 0 Å². The van der Waals surface area contributed by atoms with E-state index in [0.29, 0.717) is 6.04 Å². The Kier molecular flexibility index (Phi) is 4.19. The quantitative estimate of drug-likeness (QED) is 0.702. The second-order valence-electron chi connectivity index (χ2n) is 5.04. The number of piperidine rings is 3. The Hall–Kier alpha value is -0.160. The van der Waals surface area contributed by atoms with Gasteiger partial charge < -0.3 is 19.7 Å². The van der Waals surface area contributed by atoms with Gasteiger partial charge in [-0.2, -0.15) is 0 Å². The molecule has 94 valence electrons. The van der Waals surface area contributed by atoms with Crippen molar-refractivity contribution < 1.29 is 9.47 Å². The predicted octanol–water partition coefficient (Wildman–Crippen LogP) is 0.678. The molecular formula is C12H24N2O2. The first-order chi connectivity index (χ1) is 7.74. The van der Waals surface area contributed by atoms with Crippen LogP contribution in [-0.2, 0) is 9.47 Å². The van der Waals surface area contributed by atoms with Gasteiger partial charge in [-0.1, -0.05) is 0 Å². The topological polar surface area (TPSA) is 33.7 Å². The maximum absolute atomic E-state index is 5.28. The number of hydrogen-bond acceptors (Lipinski definition) is 4. The van der Waals surface area contributed by atoms with Crippen molar-refractivity contribution in [2.24, 2.45) is 5.92 Å². The van der Waals surface area contributed by atoms with Crippen molar-refractivity contribution in [2.75, 3.05) is 33.9 Å². The first-order valence-electron chi connectivity index (χ1n) is 6.28. The Morgan fingerprint density at radius 1 is 1.19 bits per heavy atom. The molecule has 2 bridgehead atoms. The van der Waals surface area contributed by atoms with Crippen molar-refractivity contribution in [3.05, 3.63) is 0 Å². The molecule has 0 aromatic carbocycles. The summed E-state index contributed by atoms with van der Waals surface area (Å²) in [6, 6.07) is 0.867. The average molecular weight is 228 g/mol. The van der Waals surface area contributed by atoms with Gasteiger partial charge in [-0.3, -0.25) is 0 Å². The molecule has 1 N–H and O–H groups in total. The van der Waals surface area contributed by atoms with Crippen LogP contribution in [0.5, 0.6) is 0 Å². The zero-order valence-electron chi connectivity index (χ0n) is 10.6. The summed E-state index contributed by atoms with van der Waals surface area (Å²) in [6.45, 7) is 5.90. The van der Waals surface area contributed by atoms with Crippen LogP contribution in [0.2, 0.25) is 0 Å². The van der Waals surface area contributed by atoms with Gasteiger partial charge in [0.25, 0.3) is 0 Å². The number of hydrogen-bond donors (Lipinski definition) is 1. The predicted molar refractivity (Wildman–Crippen MR) is 63.4 cm³/mol. The van der Waals surface area contributed by atoms with Crippen LogP contribution in [0.3, 0.4) is 0 Å². The summed E-state index contributed by atoms with van der Waals surface area (Å²) < 4.78 is 10.6. The van der Waals surface area contributed by atoms with E-state index in [9.17, 15) is 0 Å². The molecule has 0 radical (unpaired) electrons. The lowest BCUT2D eigenvalue weighted by Gasteiger charge is -2.46. The normalized spacial score (nSPS) is 35.6. The van der Waals surface area contributed by atoms with Crippen molar-refractivity contribution in [3.8, 4) is 0 Å². The first kappa shape index (κ1) is 12.3. The van der Waals surface area contributed by atoms with Crippen molar-refractivity contribution in [2.45, 2.75) is 38.1 Å². The van der Waals surface area contributed by atoms with Gasteiger partial charge in [0.05, 0.1) is 6.04 Å². The van der Waals surface area contributed by atoms with Crippen LogP contribution in [-0.4, -0.2) is 57.1 Å². The van der Waals surface area contributed by atoms with Gasteiger partial charge in [0.1, 0.15) is 0 Å². The van der Waals surface area contributed by atoms with Crippen LogP contribution in [0.15, 0.2) is 0 Å². The average Bonchev–Trinajstić information content (AvgIpc) is 2.32. The standard InChI is InChI=1S/C12H24N2O2/c1-9(12(15-2)16-3)13-11-8-14-6-4-10(11)5-7-14/h9-13H,4-8H2,1-3H3. The van der Waals surface area contributed by atoms with E-state index >= 15 is 0 Å². The maximum atomic E-state index is 5.28. The third kappa shape index (κ3) is 2.56. The Labute approximate surface area is 98.3 Å². The van der Waals surface area contributed by atoms with Crippen LogP contribution in [0, 0.1) is 5.92 Å². The minimum atomic E-state index is -0.143. The molecule has 4 heteroatoms. The highest BCUT2D eigenvalue weighted by Gasteiger charge is 2.35.